The van der Waals surface area contributed by atoms with E-state index in [9.17, 15) is 9.59 Å². The van der Waals surface area contributed by atoms with Gasteiger partial charge in [0.05, 0.1) is 17.7 Å². The summed E-state index contributed by atoms with van der Waals surface area (Å²) in [4.78, 5) is 25.5. The maximum atomic E-state index is 12.7. The molecule has 0 unspecified atom stereocenters. The van der Waals surface area contributed by atoms with Gasteiger partial charge in [-0.2, -0.15) is 0 Å². The first-order valence-electron chi connectivity index (χ1n) is 8.45. The lowest BCUT2D eigenvalue weighted by Gasteiger charge is -2.01. The fourth-order valence-electron chi connectivity index (χ4n) is 2.69. The molecule has 1 aliphatic carbocycles. The summed E-state index contributed by atoms with van der Waals surface area (Å²) in [6.07, 6.45) is 6.57. The molecule has 0 aromatic carbocycles. The van der Waals surface area contributed by atoms with Gasteiger partial charge in [-0.3, -0.25) is 9.36 Å². The van der Waals surface area contributed by atoms with Crippen molar-refractivity contribution in [2.45, 2.75) is 25.4 Å². The highest BCUT2D eigenvalue weighted by atomic mass is 32.1. The normalized spacial score (nSPS) is 14.2. The van der Waals surface area contributed by atoms with Crippen LogP contribution in [0.25, 0.3) is 16.8 Å². The number of amides is 1. The molecule has 0 radical (unpaired) electrons. The molecule has 0 saturated heterocycles. The number of nitrogens with one attached hydrogen (secondary N) is 1. The Morgan fingerprint density at radius 2 is 2.27 bits per heavy atom. The van der Waals surface area contributed by atoms with Crippen LogP contribution in [-0.2, 0) is 11.3 Å². The van der Waals surface area contributed by atoms with E-state index in [1.807, 2.05) is 17.5 Å². The summed E-state index contributed by atoms with van der Waals surface area (Å²) in [6, 6.07) is 7.69. The standard InChI is InChI=1S/C18H18N4O3S/c23-16(8-7-14-3-1-11-25-14)19-9-10-21-18(24)22(13-5-6-13)17(20-21)15-4-2-12-26-15/h1-4,7-8,11-13H,5-6,9-10H2,(H,19,23)/b8-7+. The maximum Gasteiger partial charge on any atom is 0.346 e. The molecule has 4 rings (SSSR count). The van der Waals surface area contributed by atoms with Crippen molar-refractivity contribution in [1.29, 1.82) is 0 Å². The summed E-state index contributed by atoms with van der Waals surface area (Å²) in [5.41, 5.74) is -0.115. The first-order chi connectivity index (χ1) is 12.7. The van der Waals surface area contributed by atoms with Gasteiger partial charge in [0.1, 0.15) is 5.76 Å². The molecule has 26 heavy (non-hydrogen) atoms. The Morgan fingerprint density at radius 3 is 2.96 bits per heavy atom. The number of hydrogen-bond acceptors (Lipinski definition) is 5. The topological polar surface area (TPSA) is 82.1 Å². The highest BCUT2D eigenvalue weighted by Gasteiger charge is 2.30. The zero-order chi connectivity index (χ0) is 17.9. The van der Waals surface area contributed by atoms with Crippen LogP contribution in [0.3, 0.4) is 0 Å². The second-order valence-electron chi connectivity index (χ2n) is 6.05. The highest BCUT2D eigenvalue weighted by Crippen LogP contribution is 2.37. The van der Waals surface area contributed by atoms with E-state index in [1.165, 1.54) is 10.8 Å². The number of hydrogen-bond donors (Lipinski definition) is 1. The summed E-state index contributed by atoms with van der Waals surface area (Å²) in [7, 11) is 0. The van der Waals surface area contributed by atoms with Gasteiger partial charge in [0.15, 0.2) is 5.82 Å². The van der Waals surface area contributed by atoms with Crippen LogP contribution in [0.5, 0.6) is 0 Å². The van der Waals surface area contributed by atoms with E-state index in [0.29, 0.717) is 18.8 Å². The van der Waals surface area contributed by atoms with E-state index in [0.717, 1.165) is 23.5 Å². The van der Waals surface area contributed by atoms with Crippen LogP contribution >= 0.6 is 11.3 Å². The second-order valence-corrected chi connectivity index (χ2v) is 7.00. The quantitative estimate of drug-likeness (QED) is 0.648. The van der Waals surface area contributed by atoms with Crippen LogP contribution in [0.2, 0.25) is 0 Å². The molecule has 1 amide bonds. The van der Waals surface area contributed by atoms with Crippen LogP contribution in [0, 0.1) is 0 Å². The lowest BCUT2D eigenvalue weighted by molar-refractivity contribution is -0.116. The summed E-state index contributed by atoms with van der Waals surface area (Å²) < 4.78 is 8.35. The molecule has 1 fully saturated rings. The van der Waals surface area contributed by atoms with Crippen LogP contribution in [0.1, 0.15) is 24.6 Å². The Hall–Kier alpha value is -2.87. The third-order valence-corrected chi connectivity index (χ3v) is 4.95. The van der Waals surface area contributed by atoms with E-state index in [4.69, 9.17) is 4.42 Å². The molecule has 0 atom stereocenters. The van der Waals surface area contributed by atoms with Crippen molar-refractivity contribution >= 4 is 23.3 Å². The number of carbonyl (C=O) groups excluding carboxylic acids is 1. The van der Waals surface area contributed by atoms with Crippen LogP contribution in [0.15, 0.2) is 51.2 Å². The average Bonchev–Trinajstić information content (AvgIpc) is 3.07. The van der Waals surface area contributed by atoms with E-state index >= 15 is 0 Å². The summed E-state index contributed by atoms with van der Waals surface area (Å²) in [5.74, 6) is 1.09. The van der Waals surface area contributed by atoms with Gasteiger partial charge < -0.3 is 9.73 Å². The summed E-state index contributed by atoms with van der Waals surface area (Å²) in [6.45, 7) is 0.657. The number of aromatic nitrogens is 3. The highest BCUT2D eigenvalue weighted by molar-refractivity contribution is 7.13. The van der Waals surface area contributed by atoms with Crippen LogP contribution in [0.4, 0.5) is 0 Å². The summed E-state index contributed by atoms with van der Waals surface area (Å²) in [5, 5.41) is 9.22. The molecule has 1 aliphatic rings. The van der Waals surface area contributed by atoms with Gasteiger partial charge >= 0.3 is 5.69 Å². The molecule has 0 bridgehead atoms. The third-order valence-electron chi connectivity index (χ3n) is 4.09. The zero-order valence-corrected chi connectivity index (χ0v) is 14.8. The first-order valence-corrected chi connectivity index (χ1v) is 9.33. The van der Waals surface area contributed by atoms with Gasteiger partial charge in [-0.25, -0.2) is 9.48 Å². The molecule has 3 aromatic rings. The monoisotopic (exact) mass is 370 g/mol. The van der Waals surface area contributed by atoms with Gasteiger partial charge in [0.25, 0.3) is 0 Å². The number of thiophene rings is 1. The lowest BCUT2D eigenvalue weighted by Crippen LogP contribution is -2.31. The van der Waals surface area contributed by atoms with E-state index in [1.54, 1.807) is 40.4 Å². The molecule has 1 saturated carbocycles. The summed E-state index contributed by atoms with van der Waals surface area (Å²) >= 11 is 1.57. The largest absolute Gasteiger partial charge is 0.465 e. The molecule has 1 N–H and O–H groups in total. The predicted molar refractivity (Wildman–Crippen MR) is 98.8 cm³/mol. The SMILES string of the molecule is O=C(/C=C/c1ccco1)NCCn1nc(-c2cccs2)n(C2CC2)c1=O. The smallest absolute Gasteiger partial charge is 0.346 e. The van der Waals surface area contributed by atoms with Gasteiger partial charge in [0.2, 0.25) is 5.91 Å². The Kier molecular flexibility index (Phi) is 4.57. The fourth-order valence-corrected chi connectivity index (χ4v) is 3.39. The predicted octanol–water partition coefficient (Wildman–Crippen LogP) is 2.53. The molecule has 134 valence electrons. The Labute approximate surface area is 153 Å². The second kappa shape index (κ2) is 7.17. The molecule has 3 aromatic heterocycles. The minimum atomic E-state index is -0.241. The molecular formula is C18H18N4O3S. The van der Waals surface area contributed by atoms with E-state index in [2.05, 4.69) is 10.4 Å². The van der Waals surface area contributed by atoms with Gasteiger partial charge in [0, 0.05) is 18.7 Å². The lowest BCUT2D eigenvalue weighted by atomic mass is 10.4. The average molecular weight is 370 g/mol. The number of rotatable bonds is 7. The number of carbonyl (C=O) groups is 1. The van der Waals surface area contributed by atoms with Crippen LogP contribution < -0.4 is 11.0 Å². The molecule has 0 spiro atoms. The third kappa shape index (κ3) is 3.55. The molecule has 0 aliphatic heterocycles. The molecule has 8 heteroatoms. The Bertz CT molecular complexity index is 963. The number of nitrogens with zero attached hydrogens (tertiary/aromatic N) is 3. The molecule has 7 nitrogen and oxygen atoms in total. The van der Waals surface area contributed by atoms with Crippen molar-refractivity contribution in [1.82, 2.24) is 19.7 Å². The fraction of sp³-hybridized carbons (Fsp3) is 0.278. The Morgan fingerprint density at radius 1 is 1.38 bits per heavy atom. The number of furan rings is 1. The first kappa shape index (κ1) is 16.6. The molecular weight excluding hydrogens is 352 g/mol. The van der Waals surface area contributed by atoms with Crippen molar-refractivity contribution < 1.29 is 9.21 Å². The van der Waals surface area contributed by atoms with Crippen LogP contribution in [-0.4, -0.2) is 26.8 Å². The van der Waals surface area contributed by atoms with E-state index < -0.39 is 0 Å². The van der Waals surface area contributed by atoms with Crippen molar-refractivity contribution in [2.75, 3.05) is 6.54 Å². The minimum absolute atomic E-state index is 0.115. The minimum Gasteiger partial charge on any atom is -0.465 e. The van der Waals surface area contributed by atoms with Crippen molar-refractivity contribution in [3.05, 3.63) is 58.2 Å². The van der Waals surface area contributed by atoms with Crippen molar-refractivity contribution in [3.63, 3.8) is 0 Å². The van der Waals surface area contributed by atoms with Crippen molar-refractivity contribution in [2.24, 2.45) is 0 Å². The van der Waals surface area contributed by atoms with Crippen molar-refractivity contribution in [3.8, 4) is 10.7 Å². The molecule has 3 heterocycles. The van der Waals surface area contributed by atoms with Gasteiger partial charge in [-0.15, -0.1) is 16.4 Å². The van der Waals surface area contributed by atoms with Gasteiger partial charge in [-0.05, 0) is 42.5 Å². The Balaban J connectivity index is 1.41. The van der Waals surface area contributed by atoms with E-state index in [-0.39, 0.29) is 17.6 Å². The van der Waals surface area contributed by atoms with Gasteiger partial charge in [-0.1, -0.05) is 6.07 Å². The maximum absolute atomic E-state index is 12.7. The zero-order valence-electron chi connectivity index (χ0n) is 14.0.